The van der Waals surface area contributed by atoms with Crippen LogP contribution in [0, 0.1) is 6.92 Å². The number of carbonyl (C=O) groups excluding carboxylic acids is 1. The highest BCUT2D eigenvalue weighted by molar-refractivity contribution is 8.19. The highest BCUT2D eigenvalue weighted by Crippen LogP contribution is 2.34. The summed E-state index contributed by atoms with van der Waals surface area (Å²) in [5, 5.41) is 0.155. The highest BCUT2D eigenvalue weighted by Gasteiger charge is 2.34. The molecule has 1 aliphatic rings. The Morgan fingerprint density at radius 3 is 2.54 bits per heavy atom. The van der Waals surface area contributed by atoms with Gasteiger partial charge in [-0.2, -0.15) is 8.42 Å². The van der Waals surface area contributed by atoms with Gasteiger partial charge in [-0.1, -0.05) is 29.8 Å². The number of hydrogen-bond donors (Lipinski definition) is 0. The maximum absolute atomic E-state index is 12.7. The Bertz CT molecular complexity index is 1060. The van der Waals surface area contributed by atoms with Crippen molar-refractivity contribution in [2.75, 3.05) is 13.7 Å². The molecular weight excluding hydrogens is 396 g/mol. The van der Waals surface area contributed by atoms with Crippen LogP contribution in [0.5, 0.6) is 5.75 Å². The van der Waals surface area contributed by atoms with Gasteiger partial charge in [-0.25, -0.2) is 0 Å². The van der Waals surface area contributed by atoms with E-state index in [0.717, 1.165) is 22.9 Å². The van der Waals surface area contributed by atoms with Gasteiger partial charge in [-0.3, -0.25) is 9.69 Å². The monoisotopic (exact) mass is 416 g/mol. The minimum absolute atomic E-state index is 0.0972. The summed E-state index contributed by atoms with van der Waals surface area (Å²) in [5.74, 6) is 0.404. The summed E-state index contributed by atoms with van der Waals surface area (Å²) in [6, 6.07) is 13.7. The van der Waals surface area contributed by atoms with Gasteiger partial charge in [0, 0.05) is 6.54 Å². The lowest BCUT2D eigenvalue weighted by atomic mass is 10.2. The first-order chi connectivity index (χ1) is 13.3. The Labute approximate surface area is 169 Å². The van der Waals surface area contributed by atoms with E-state index in [1.165, 1.54) is 17.0 Å². The van der Waals surface area contributed by atoms with E-state index in [-0.39, 0.29) is 16.0 Å². The van der Waals surface area contributed by atoms with Crippen molar-refractivity contribution < 1.29 is 17.9 Å². The molecule has 3 rings (SSSR count). The number of benzene rings is 2. The van der Waals surface area contributed by atoms with Gasteiger partial charge in [0.2, 0.25) is 0 Å². The van der Waals surface area contributed by atoms with Crippen LogP contribution in [0.2, 0.25) is 0 Å². The highest BCUT2D eigenvalue weighted by atomic mass is 32.2. The fraction of sp³-hybridized carbons (Fsp3) is 0.200. The normalized spacial score (nSPS) is 17.5. The predicted octanol–water partition coefficient (Wildman–Crippen LogP) is 3.68. The van der Waals surface area contributed by atoms with Gasteiger partial charge in [0.15, 0.2) is 5.17 Å². The summed E-state index contributed by atoms with van der Waals surface area (Å²) in [6.07, 6.45) is 1.71. The van der Waals surface area contributed by atoms with E-state index in [4.69, 9.17) is 4.74 Å². The molecule has 0 aromatic heterocycles. The maximum atomic E-state index is 12.7. The third-order valence-corrected chi connectivity index (χ3v) is 6.52. The molecule has 2 aromatic rings. The predicted molar refractivity (Wildman–Crippen MR) is 112 cm³/mol. The summed E-state index contributed by atoms with van der Waals surface area (Å²) in [7, 11) is -2.34. The molecule has 0 aliphatic carbocycles. The average molecular weight is 417 g/mol. The Kier molecular flexibility index (Phi) is 5.90. The molecule has 6 nitrogen and oxygen atoms in total. The number of amidine groups is 1. The fourth-order valence-corrected chi connectivity index (χ4v) is 4.85. The molecule has 0 bridgehead atoms. The van der Waals surface area contributed by atoms with Crippen LogP contribution >= 0.6 is 11.8 Å². The van der Waals surface area contributed by atoms with Gasteiger partial charge in [0.25, 0.3) is 15.9 Å². The van der Waals surface area contributed by atoms with Crippen LogP contribution in [0.25, 0.3) is 6.08 Å². The number of ether oxygens (including phenoxy) is 1. The number of likely N-dealkylation sites (N-methyl/N-ethyl adjacent to an activating group) is 1. The van der Waals surface area contributed by atoms with Crippen molar-refractivity contribution in [3.8, 4) is 5.75 Å². The number of sulfonamides is 1. The molecule has 0 unspecified atom stereocenters. The van der Waals surface area contributed by atoms with E-state index >= 15 is 0 Å². The van der Waals surface area contributed by atoms with Gasteiger partial charge in [0.1, 0.15) is 5.75 Å². The van der Waals surface area contributed by atoms with Crippen molar-refractivity contribution in [1.82, 2.24) is 4.90 Å². The van der Waals surface area contributed by atoms with E-state index in [1.807, 2.05) is 25.1 Å². The van der Waals surface area contributed by atoms with Crippen LogP contribution in [0.3, 0.4) is 0 Å². The molecule has 2 aromatic carbocycles. The van der Waals surface area contributed by atoms with Crippen molar-refractivity contribution in [1.29, 1.82) is 0 Å². The second kappa shape index (κ2) is 8.20. The number of rotatable bonds is 5. The van der Waals surface area contributed by atoms with Gasteiger partial charge in [-0.15, -0.1) is 4.40 Å². The summed E-state index contributed by atoms with van der Waals surface area (Å²) >= 11 is 1.05. The molecule has 1 heterocycles. The maximum Gasteiger partial charge on any atom is 0.284 e. The summed E-state index contributed by atoms with van der Waals surface area (Å²) in [4.78, 5) is 14.6. The lowest BCUT2D eigenvalue weighted by Gasteiger charge is -2.12. The summed E-state index contributed by atoms with van der Waals surface area (Å²) in [5.41, 5.74) is 1.74. The van der Waals surface area contributed by atoms with Crippen LogP contribution < -0.4 is 4.74 Å². The number of nitrogens with zero attached hydrogens (tertiary/aromatic N) is 2. The van der Waals surface area contributed by atoms with Crippen molar-refractivity contribution in [2.45, 2.75) is 18.7 Å². The average Bonchev–Trinajstić information content (AvgIpc) is 2.95. The lowest BCUT2D eigenvalue weighted by Crippen LogP contribution is -2.29. The van der Waals surface area contributed by atoms with Crippen LogP contribution in [0.1, 0.15) is 18.1 Å². The molecule has 146 valence electrons. The zero-order chi connectivity index (χ0) is 20.3. The number of amides is 1. The SMILES string of the molecule is CCN1C(=O)/C(=C/c2cccc(OC)c2)S/C1=N\S(=O)(=O)c1ccc(C)cc1. The van der Waals surface area contributed by atoms with Crippen LogP contribution in [0.15, 0.2) is 62.7 Å². The number of aryl methyl sites for hydroxylation is 1. The minimum atomic E-state index is -3.91. The molecule has 0 radical (unpaired) electrons. The Morgan fingerprint density at radius 2 is 1.89 bits per heavy atom. The second-order valence-electron chi connectivity index (χ2n) is 6.10. The molecule has 28 heavy (non-hydrogen) atoms. The van der Waals surface area contributed by atoms with E-state index in [0.29, 0.717) is 17.2 Å². The quantitative estimate of drug-likeness (QED) is 0.695. The summed E-state index contributed by atoms with van der Waals surface area (Å²) in [6.45, 7) is 3.98. The molecule has 1 saturated heterocycles. The number of methoxy groups -OCH3 is 1. The molecular formula is C20H20N2O4S2. The largest absolute Gasteiger partial charge is 0.497 e. The molecule has 1 aliphatic heterocycles. The van der Waals surface area contributed by atoms with Gasteiger partial charge in [0.05, 0.1) is 16.9 Å². The smallest absolute Gasteiger partial charge is 0.284 e. The Hall–Kier alpha value is -2.58. The third-order valence-electron chi connectivity index (χ3n) is 4.11. The van der Waals surface area contributed by atoms with Crippen molar-refractivity contribution >= 4 is 38.9 Å². The molecule has 0 saturated carbocycles. The minimum Gasteiger partial charge on any atom is -0.497 e. The van der Waals surface area contributed by atoms with E-state index in [1.54, 1.807) is 38.3 Å². The van der Waals surface area contributed by atoms with E-state index < -0.39 is 10.0 Å². The second-order valence-corrected chi connectivity index (χ2v) is 8.71. The standard InChI is InChI=1S/C20H20N2O4S2/c1-4-22-19(23)18(13-15-6-5-7-16(12-15)26-3)27-20(22)21-28(24,25)17-10-8-14(2)9-11-17/h5-13H,4H2,1-3H3/b18-13-,21-20-. The van der Waals surface area contributed by atoms with Crippen LogP contribution in [-0.4, -0.2) is 38.0 Å². The van der Waals surface area contributed by atoms with Crippen molar-refractivity contribution in [3.63, 3.8) is 0 Å². The van der Waals surface area contributed by atoms with Gasteiger partial charge in [-0.05, 0) is 61.5 Å². The molecule has 0 spiro atoms. The number of hydrogen-bond acceptors (Lipinski definition) is 5. The van der Waals surface area contributed by atoms with Gasteiger partial charge < -0.3 is 4.74 Å². The third kappa shape index (κ3) is 4.28. The first kappa shape index (κ1) is 20.2. The first-order valence-corrected chi connectivity index (χ1v) is 10.9. The van der Waals surface area contributed by atoms with E-state index in [2.05, 4.69) is 4.40 Å². The zero-order valence-corrected chi connectivity index (χ0v) is 17.4. The van der Waals surface area contributed by atoms with Crippen LogP contribution in [0.4, 0.5) is 0 Å². The topological polar surface area (TPSA) is 76.0 Å². The molecule has 8 heteroatoms. The molecule has 0 atom stereocenters. The van der Waals surface area contributed by atoms with Crippen LogP contribution in [-0.2, 0) is 14.8 Å². The van der Waals surface area contributed by atoms with E-state index in [9.17, 15) is 13.2 Å². The van der Waals surface area contributed by atoms with Gasteiger partial charge >= 0.3 is 0 Å². The summed E-state index contributed by atoms with van der Waals surface area (Å²) < 4.78 is 34.4. The first-order valence-electron chi connectivity index (χ1n) is 8.61. The zero-order valence-electron chi connectivity index (χ0n) is 15.7. The number of thioether (sulfide) groups is 1. The Balaban J connectivity index is 1.96. The number of carbonyl (C=O) groups is 1. The molecule has 1 amide bonds. The Morgan fingerprint density at radius 1 is 1.18 bits per heavy atom. The van der Waals surface area contributed by atoms with Crippen molar-refractivity contribution in [2.24, 2.45) is 4.40 Å². The fourth-order valence-electron chi connectivity index (χ4n) is 2.60. The molecule has 1 fully saturated rings. The lowest BCUT2D eigenvalue weighted by molar-refractivity contribution is -0.122. The van der Waals surface area contributed by atoms with Crippen molar-refractivity contribution in [3.05, 3.63) is 64.6 Å². The molecule has 0 N–H and O–H groups in total.